The summed E-state index contributed by atoms with van der Waals surface area (Å²) in [5, 5.41) is 21.2. The van der Waals surface area contributed by atoms with Crippen molar-refractivity contribution in [1.82, 2.24) is 0 Å². The van der Waals surface area contributed by atoms with Gasteiger partial charge in [0, 0.05) is 5.92 Å². The van der Waals surface area contributed by atoms with Crippen molar-refractivity contribution in [1.29, 1.82) is 0 Å². The molecule has 174 valence electrons. The highest BCUT2D eigenvalue weighted by molar-refractivity contribution is 5.27. The molecule has 8 atom stereocenters. The predicted molar refractivity (Wildman–Crippen MR) is 128 cm³/mol. The molecule has 0 aliphatic heterocycles. The van der Waals surface area contributed by atoms with Crippen LogP contribution in [0.1, 0.15) is 105 Å². The lowest BCUT2D eigenvalue weighted by atomic mass is 9.46. The molecule has 0 radical (unpaired) electrons. The molecule has 0 amide bonds. The van der Waals surface area contributed by atoms with E-state index in [2.05, 4.69) is 32.8 Å². The SMILES string of the molecule is C#C[C@H](CCC(C)(C)O)[C@H]1CCC2C3CC=C4C[C@@](O)(CC)CC[C@]4(C)C3CC[C@@]21C. The van der Waals surface area contributed by atoms with E-state index in [-0.39, 0.29) is 11.3 Å². The molecule has 0 spiro atoms. The number of aliphatic hydroxyl groups is 2. The van der Waals surface area contributed by atoms with Crippen LogP contribution in [0.25, 0.3) is 0 Å². The molecule has 31 heavy (non-hydrogen) atoms. The lowest BCUT2D eigenvalue weighted by Gasteiger charge is -2.59. The van der Waals surface area contributed by atoms with Crippen LogP contribution in [0, 0.1) is 52.8 Å². The maximum absolute atomic E-state index is 11.0. The van der Waals surface area contributed by atoms with Gasteiger partial charge in [-0.05, 0) is 119 Å². The van der Waals surface area contributed by atoms with E-state index in [1.807, 2.05) is 13.8 Å². The van der Waals surface area contributed by atoms with Crippen molar-refractivity contribution in [3.05, 3.63) is 11.6 Å². The number of terminal acetylenes is 1. The molecule has 3 unspecified atom stereocenters. The van der Waals surface area contributed by atoms with Crippen molar-refractivity contribution < 1.29 is 10.2 Å². The first-order valence-corrected chi connectivity index (χ1v) is 13.1. The zero-order valence-electron chi connectivity index (χ0n) is 20.7. The number of fused-ring (bicyclic) bond motifs is 5. The molecule has 0 heterocycles. The van der Waals surface area contributed by atoms with Gasteiger partial charge in [-0.3, -0.25) is 0 Å². The molecule has 2 N–H and O–H groups in total. The van der Waals surface area contributed by atoms with Gasteiger partial charge in [0.2, 0.25) is 0 Å². The highest BCUT2D eigenvalue weighted by atomic mass is 16.3. The Hall–Kier alpha value is -0.780. The summed E-state index contributed by atoms with van der Waals surface area (Å²) in [6.07, 6.45) is 20.6. The third-order valence-corrected chi connectivity index (χ3v) is 10.8. The molecule has 4 rings (SSSR count). The molecule has 0 aromatic rings. The minimum Gasteiger partial charge on any atom is -0.390 e. The van der Waals surface area contributed by atoms with Crippen LogP contribution in [0.15, 0.2) is 11.6 Å². The molecule has 2 heteroatoms. The van der Waals surface area contributed by atoms with E-state index < -0.39 is 11.2 Å². The largest absolute Gasteiger partial charge is 0.390 e. The van der Waals surface area contributed by atoms with Crippen molar-refractivity contribution >= 4 is 0 Å². The van der Waals surface area contributed by atoms with E-state index in [0.29, 0.717) is 11.3 Å². The van der Waals surface area contributed by atoms with Gasteiger partial charge in [-0.15, -0.1) is 12.3 Å². The molecule has 4 aliphatic rings. The molecule has 0 saturated heterocycles. The normalized spacial score (nSPS) is 45.7. The molecule has 0 bridgehead atoms. The van der Waals surface area contributed by atoms with E-state index in [1.165, 1.54) is 32.1 Å². The Kier molecular flexibility index (Phi) is 5.97. The van der Waals surface area contributed by atoms with Crippen molar-refractivity contribution in [3.63, 3.8) is 0 Å². The summed E-state index contributed by atoms with van der Waals surface area (Å²) in [6.45, 7) is 11.0. The summed E-state index contributed by atoms with van der Waals surface area (Å²) in [6, 6.07) is 0. The van der Waals surface area contributed by atoms with Gasteiger partial charge in [-0.2, -0.15) is 0 Å². The zero-order valence-corrected chi connectivity index (χ0v) is 20.7. The van der Waals surface area contributed by atoms with Crippen LogP contribution in [0.4, 0.5) is 0 Å². The van der Waals surface area contributed by atoms with E-state index >= 15 is 0 Å². The summed E-state index contributed by atoms with van der Waals surface area (Å²) in [4.78, 5) is 0. The highest BCUT2D eigenvalue weighted by Crippen LogP contribution is 2.67. The average molecular weight is 427 g/mol. The molecule has 3 saturated carbocycles. The first-order chi connectivity index (χ1) is 14.5. The van der Waals surface area contributed by atoms with Gasteiger partial charge in [0.05, 0.1) is 11.2 Å². The molecule has 3 fully saturated rings. The molecule has 0 aromatic heterocycles. The fourth-order valence-electron chi connectivity index (χ4n) is 8.62. The second kappa shape index (κ2) is 7.92. The molecule has 0 aromatic carbocycles. The molecule has 2 nitrogen and oxygen atoms in total. The lowest BCUT2D eigenvalue weighted by Crippen LogP contribution is -2.52. The standard InChI is InChI=1S/C29H46O2/c1-7-20(13-15-26(3,4)30)23-11-12-24-22-10-9-21-19-29(31,8-2)18-17-27(21,5)25(22)14-16-28(23,24)6/h1,9,20,22-25,30-31H,8,10-19H2,2-6H3/t20-,22?,23-,24?,25?,27+,28-,29-/m1/s1. The van der Waals surface area contributed by atoms with E-state index in [1.54, 1.807) is 5.57 Å². The van der Waals surface area contributed by atoms with Gasteiger partial charge in [0.1, 0.15) is 0 Å². The topological polar surface area (TPSA) is 40.5 Å². The van der Waals surface area contributed by atoms with Crippen LogP contribution < -0.4 is 0 Å². The number of hydrogen-bond acceptors (Lipinski definition) is 2. The number of hydrogen-bond donors (Lipinski definition) is 2. The fraction of sp³-hybridized carbons (Fsp3) is 0.862. The minimum atomic E-state index is -0.633. The van der Waals surface area contributed by atoms with E-state index in [9.17, 15) is 10.2 Å². The average Bonchev–Trinajstić information content (AvgIpc) is 3.06. The highest BCUT2D eigenvalue weighted by Gasteiger charge is 2.60. The summed E-state index contributed by atoms with van der Waals surface area (Å²) in [5.74, 6) is 6.37. The van der Waals surface area contributed by atoms with E-state index in [4.69, 9.17) is 6.42 Å². The van der Waals surface area contributed by atoms with Gasteiger partial charge in [0.15, 0.2) is 0 Å². The summed E-state index contributed by atoms with van der Waals surface area (Å²) in [7, 11) is 0. The number of rotatable bonds is 5. The van der Waals surface area contributed by atoms with Crippen molar-refractivity contribution in [3.8, 4) is 12.3 Å². The third-order valence-electron chi connectivity index (χ3n) is 10.8. The lowest BCUT2D eigenvalue weighted by molar-refractivity contribution is -0.0745. The number of allylic oxidation sites excluding steroid dienone is 1. The Morgan fingerprint density at radius 1 is 1.16 bits per heavy atom. The van der Waals surface area contributed by atoms with Crippen LogP contribution >= 0.6 is 0 Å². The zero-order chi connectivity index (χ0) is 22.7. The van der Waals surface area contributed by atoms with Gasteiger partial charge in [-0.1, -0.05) is 32.4 Å². The maximum atomic E-state index is 11.0. The fourth-order valence-corrected chi connectivity index (χ4v) is 8.62. The Labute approximate surface area is 191 Å². The van der Waals surface area contributed by atoms with Crippen LogP contribution in [-0.2, 0) is 0 Å². The van der Waals surface area contributed by atoms with Crippen LogP contribution in [0.5, 0.6) is 0 Å². The Balaban J connectivity index is 1.55. The Morgan fingerprint density at radius 2 is 1.90 bits per heavy atom. The van der Waals surface area contributed by atoms with Gasteiger partial charge in [0.25, 0.3) is 0 Å². The van der Waals surface area contributed by atoms with Gasteiger partial charge >= 0.3 is 0 Å². The summed E-state index contributed by atoms with van der Waals surface area (Å²) < 4.78 is 0. The Bertz CT molecular complexity index is 754. The van der Waals surface area contributed by atoms with Crippen LogP contribution in [0.3, 0.4) is 0 Å². The first-order valence-electron chi connectivity index (χ1n) is 13.1. The van der Waals surface area contributed by atoms with Crippen molar-refractivity contribution in [2.24, 2.45) is 40.4 Å². The maximum Gasteiger partial charge on any atom is 0.0682 e. The van der Waals surface area contributed by atoms with Gasteiger partial charge in [-0.25, -0.2) is 0 Å². The summed E-state index contributed by atoms with van der Waals surface area (Å²) in [5.41, 5.74) is 1.09. The quantitative estimate of drug-likeness (QED) is 0.389. The Morgan fingerprint density at radius 3 is 2.55 bits per heavy atom. The van der Waals surface area contributed by atoms with E-state index in [0.717, 1.165) is 56.3 Å². The molecule has 4 aliphatic carbocycles. The molecular weight excluding hydrogens is 380 g/mol. The van der Waals surface area contributed by atoms with Crippen molar-refractivity contribution in [2.45, 2.75) is 116 Å². The van der Waals surface area contributed by atoms with Crippen molar-refractivity contribution in [2.75, 3.05) is 0 Å². The monoisotopic (exact) mass is 426 g/mol. The smallest absolute Gasteiger partial charge is 0.0682 e. The second-order valence-electron chi connectivity index (χ2n) is 12.9. The summed E-state index contributed by atoms with van der Waals surface area (Å²) >= 11 is 0. The van der Waals surface area contributed by atoms with Gasteiger partial charge < -0.3 is 10.2 Å². The predicted octanol–water partition coefficient (Wildman–Crippen LogP) is 6.51. The second-order valence-corrected chi connectivity index (χ2v) is 12.9. The third kappa shape index (κ3) is 3.93. The van der Waals surface area contributed by atoms with Crippen LogP contribution in [0.2, 0.25) is 0 Å². The first kappa shape index (κ1) is 23.4. The molecular formula is C29H46O2. The minimum absolute atomic E-state index is 0.288. The van der Waals surface area contributed by atoms with Crippen LogP contribution in [-0.4, -0.2) is 21.4 Å².